The van der Waals surface area contributed by atoms with E-state index in [1.54, 1.807) is 60.7 Å². The van der Waals surface area contributed by atoms with Crippen LogP contribution in [0.5, 0.6) is 0 Å². The molecule has 0 spiro atoms. The van der Waals surface area contributed by atoms with Crippen LogP contribution in [0.15, 0.2) is 75.9 Å². The van der Waals surface area contributed by atoms with Gasteiger partial charge in [-0.15, -0.1) is 0 Å². The molecular formula is C25H20N2O4. The Morgan fingerprint density at radius 1 is 0.871 bits per heavy atom. The number of benzene rings is 3. The first-order valence-corrected chi connectivity index (χ1v) is 10.2. The van der Waals surface area contributed by atoms with Crippen LogP contribution in [0.4, 0.5) is 11.4 Å². The molecular weight excluding hydrogens is 392 g/mol. The highest BCUT2D eigenvalue weighted by molar-refractivity contribution is 6.06. The molecule has 1 heterocycles. The van der Waals surface area contributed by atoms with Gasteiger partial charge in [-0.05, 0) is 60.9 Å². The lowest BCUT2D eigenvalue weighted by atomic mass is 10.1. The number of amides is 2. The summed E-state index contributed by atoms with van der Waals surface area (Å²) in [5.41, 5.74) is 2.32. The molecule has 1 aliphatic carbocycles. The van der Waals surface area contributed by atoms with Gasteiger partial charge < -0.3 is 15.1 Å². The van der Waals surface area contributed by atoms with Gasteiger partial charge in [0, 0.05) is 22.9 Å². The van der Waals surface area contributed by atoms with Crippen molar-refractivity contribution in [3.8, 4) is 0 Å². The van der Waals surface area contributed by atoms with Crippen LogP contribution in [-0.2, 0) is 4.79 Å². The topological polar surface area (TPSA) is 88.4 Å². The molecule has 1 aromatic heterocycles. The van der Waals surface area contributed by atoms with E-state index in [0.717, 1.165) is 6.42 Å². The maximum atomic E-state index is 12.8. The van der Waals surface area contributed by atoms with E-state index in [9.17, 15) is 14.4 Å². The average molecular weight is 412 g/mol. The standard InChI is InChI=1S/C25H20N2O4/c1-14-11-19(14)25(30)27-16-6-4-5-15(12-16)24(29)26-17-9-10-22-20(13-17)23(28)18-7-2-3-8-21(18)31-22/h2-10,12-14,19H,11H2,1H3,(H,26,29)(H,27,30)/t14-,19-/m0/s1. The Hall–Kier alpha value is -3.93. The van der Waals surface area contributed by atoms with Crippen LogP contribution in [0.2, 0.25) is 0 Å². The SMILES string of the molecule is C[C@H]1C[C@@H]1C(=O)Nc1cccc(C(=O)Nc2ccc3oc4ccccc4c(=O)c3c2)c1. The lowest BCUT2D eigenvalue weighted by Crippen LogP contribution is -2.16. The van der Waals surface area contributed by atoms with Crippen LogP contribution in [0.1, 0.15) is 23.7 Å². The first kappa shape index (κ1) is 19.1. The van der Waals surface area contributed by atoms with E-state index in [-0.39, 0.29) is 23.2 Å². The summed E-state index contributed by atoms with van der Waals surface area (Å²) in [6, 6.07) is 18.8. The van der Waals surface area contributed by atoms with Gasteiger partial charge in [0.2, 0.25) is 11.3 Å². The predicted octanol–water partition coefficient (Wildman–Crippen LogP) is 4.79. The Balaban J connectivity index is 1.39. The number of rotatable bonds is 4. The van der Waals surface area contributed by atoms with Crippen LogP contribution in [-0.4, -0.2) is 11.8 Å². The minimum Gasteiger partial charge on any atom is -0.456 e. The molecule has 0 aliphatic heterocycles. The summed E-state index contributed by atoms with van der Waals surface area (Å²) in [5.74, 6) is 0.117. The second kappa shape index (κ2) is 7.40. The zero-order chi connectivity index (χ0) is 21.5. The van der Waals surface area contributed by atoms with Crippen molar-refractivity contribution in [3.63, 3.8) is 0 Å². The van der Waals surface area contributed by atoms with Crippen LogP contribution >= 0.6 is 0 Å². The molecule has 5 rings (SSSR count). The van der Waals surface area contributed by atoms with Gasteiger partial charge in [-0.2, -0.15) is 0 Å². The van der Waals surface area contributed by atoms with Crippen LogP contribution in [0.25, 0.3) is 21.9 Å². The summed E-state index contributed by atoms with van der Waals surface area (Å²) in [6.45, 7) is 2.04. The fraction of sp³-hybridized carbons (Fsp3) is 0.160. The highest BCUT2D eigenvalue weighted by Crippen LogP contribution is 2.38. The van der Waals surface area contributed by atoms with Crippen molar-refractivity contribution in [2.24, 2.45) is 11.8 Å². The van der Waals surface area contributed by atoms with Gasteiger partial charge in [-0.1, -0.05) is 25.1 Å². The zero-order valence-corrected chi connectivity index (χ0v) is 16.8. The molecule has 0 unspecified atom stereocenters. The molecule has 31 heavy (non-hydrogen) atoms. The molecule has 1 aliphatic rings. The van der Waals surface area contributed by atoms with Crippen molar-refractivity contribution in [2.45, 2.75) is 13.3 Å². The van der Waals surface area contributed by atoms with Gasteiger partial charge in [-0.25, -0.2) is 0 Å². The van der Waals surface area contributed by atoms with Crippen molar-refractivity contribution in [2.75, 3.05) is 10.6 Å². The summed E-state index contributed by atoms with van der Waals surface area (Å²) in [4.78, 5) is 37.7. The highest BCUT2D eigenvalue weighted by atomic mass is 16.3. The number of nitrogens with one attached hydrogen (secondary N) is 2. The second-order valence-electron chi connectivity index (χ2n) is 7.98. The van der Waals surface area contributed by atoms with E-state index in [1.807, 2.05) is 13.0 Å². The van der Waals surface area contributed by atoms with Crippen molar-refractivity contribution < 1.29 is 14.0 Å². The molecule has 2 atom stereocenters. The fourth-order valence-corrected chi connectivity index (χ4v) is 3.74. The van der Waals surface area contributed by atoms with E-state index >= 15 is 0 Å². The van der Waals surface area contributed by atoms with E-state index in [1.165, 1.54) is 0 Å². The summed E-state index contributed by atoms with van der Waals surface area (Å²) in [5, 5.41) is 6.58. The maximum absolute atomic E-state index is 12.8. The Labute approximate surface area is 177 Å². The summed E-state index contributed by atoms with van der Waals surface area (Å²) in [6.07, 6.45) is 0.900. The summed E-state index contributed by atoms with van der Waals surface area (Å²) < 4.78 is 5.80. The molecule has 3 aromatic carbocycles. The average Bonchev–Trinajstić information content (AvgIpc) is 3.51. The molecule has 0 saturated heterocycles. The summed E-state index contributed by atoms with van der Waals surface area (Å²) >= 11 is 0. The molecule has 4 aromatic rings. The minimum absolute atomic E-state index is 0.0152. The molecule has 1 fully saturated rings. The zero-order valence-electron chi connectivity index (χ0n) is 16.8. The Morgan fingerprint density at radius 2 is 1.61 bits per heavy atom. The third-order valence-corrected chi connectivity index (χ3v) is 5.67. The molecule has 154 valence electrons. The van der Waals surface area contributed by atoms with Gasteiger partial charge in [-0.3, -0.25) is 14.4 Å². The molecule has 6 heteroatoms. The van der Waals surface area contributed by atoms with Crippen molar-refractivity contribution >= 4 is 45.1 Å². The van der Waals surface area contributed by atoms with Crippen molar-refractivity contribution in [1.82, 2.24) is 0 Å². The number of fused-ring (bicyclic) bond motifs is 2. The Kier molecular flexibility index (Phi) is 4.55. The molecule has 1 saturated carbocycles. The second-order valence-corrected chi connectivity index (χ2v) is 7.98. The number of hydrogen-bond acceptors (Lipinski definition) is 4. The monoisotopic (exact) mass is 412 g/mol. The van der Waals surface area contributed by atoms with E-state index in [2.05, 4.69) is 10.6 Å². The lowest BCUT2D eigenvalue weighted by Gasteiger charge is -2.09. The predicted molar refractivity (Wildman–Crippen MR) is 120 cm³/mol. The quantitative estimate of drug-likeness (QED) is 0.472. The van der Waals surface area contributed by atoms with Crippen LogP contribution < -0.4 is 16.1 Å². The Bertz CT molecular complexity index is 1410. The minimum atomic E-state index is -0.333. The number of carbonyl (C=O) groups is 2. The third-order valence-electron chi connectivity index (χ3n) is 5.67. The van der Waals surface area contributed by atoms with Crippen molar-refractivity contribution in [1.29, 1.82) is 0 Å². The van der Waals surface area contributed by atoms with Gasteiger partial charge >= 0.3 is 0 Å². The first-order valence-electron chi connectivity index (χ1n) is 10.2. The smallest absolute Gasteiger partial charge is 0.255 e. The molecule has 0 bridgehead atoms. The number of hydrogen-bond donors (Lipinski definition) is 2. The van der Waals surface area contributed by atoms with E-state index in [0.29, 0.717) is 44.8 Å². The summed E-state index contributed by atoms with van der Waals surface area (Å²) in [7, 11) is 0. The largest absolute Gasteiger partial charge is 0.456 e. The maximum Gasteiger partial charge on any atom is 0.255 e. The van der Waals surface area contributed by atoms with Crippen LogP contribution in [0.3, 0.4) is 0 Å². The number of carbonyl (C=O) groups excluding carboxylic acids is 2. The number of anilines is 2. The molecule has 2 N–H and O–H groups in total. The third kappa shape index (κ3) is 3.68. The normalized spacial score (nSPS) is 17.5. The first-order chi connectivity index (χ1) is 15.0. The highest BCUT2D eigenvalue weighted by Gasteiger charge is 2.39. The molecule has 0 radical (unpaired) electrons. The Morgan fingerprint density at radius 3 is 2.42 bits per heavy atom. The molecule has 6 nitrogen and oxygen atoms in total. The lowest BCUT2D eigenvalue weighted by molar-refractivity contribution is -0.117. The van der Waals surface area contributed by atoms with Gasteiger partial charge in [0.05, 0.1) is 10.8 Å². The number of para-hydroxylation sites is 1. The fourth-order valence-electron chi connectivity index (χ4n) is 3.74. The van der Waals surface area contributed by atoms with Gasteiger partial charge in [0.1, 0.15) is 11.2 Å². The van der Waals surface area contributed by atoms with E-state index < -0.39 is 0 Å². The van der Waals surface area contributed by atoms with Gasteiger partial charge in [0.25, 0.3) is 5.91 Å². The van der Waals surface area contributed by atoms with Crippen LogP contribution in [0, 0.1) is 11.8 Å². The molecule has 2 amide bonds. The van der Waals surface area contributed by atoms with E-state index in [4.69, 9.17) is 4.42 Å². The van der Waals surface area contributed by atoms with Gasteiger partial charge in [0.15, 0.2) is 0 Å². The van der Waals surface area contributed by atoms with Crippen molar-refractivity contribution in [3.05, 3.63) is 82.5 Å².